The number of methoxy groups -OCH3 is 1. The molecule has 13 atom stereocenters. The summed E-state index contributed by atoms with van der Waals surface area (Å²) in [6.45, 7) is 6.40. The molecule has 7 nitrogen and oxygen atoms in total. The average molecular weight is 422 g/mol. The highest BCUT2D eigenvalue weighted by Crippen LogP contribution is 2.81. The number of aliphatic hydroxyl groups is 3. The number of ether oxygens (including phenoxy) is 3. The van der Waals surface area contributed by atoms with Gasteiger partial charge in [-0.1, -0.05) is 13.8 Å². The Kier molecular flexibility index (Phi) is 3.48. The fourth-order valence-electron chi connectivity index (χ4n) is 10.9. The zero-order valence-corrected chi connectivity index (χ0v) is 18.2. The Labute approximate surface area is 177 Å². The van der Waals surface area contributed by atoms with Crippen LogP contribution in [0, 0.1) is 34.5 Å². The van der Waals surface area contributed by atoms with Crippen molar-refractivity contribution in [3.8, 4) is 0 Å². The molecule has 0 amide bonds. The number of fused-ring (bicyclic) bond motifs is 1. The molecule has 3 N–H and O–H groups in total. The molecule has 7 rings (SSSR count). The van der Waals surface area contributed by atoms with Gasteiger partial charge in [0.1, 0.15) is 18.0 Å². The first-order valence-electron chi connectivity index (χ1n) is 11.9. The minimum Gasteiger partial charge on any atom is -0.392 e. The van der Waals surface area contributed by atoms with Gasteiger partial charge >= 0.3 is 0 Å². The molecule has 7 bridgehead atoms. The lowest BCUT2D eigenvalue weighted by Crippen LogP contribution is -2.80. The molecule has 168 valence electrons. The Balaban J connectivity index is 1.57. The van der Waals surface area contributed by atoms with Crippen molar-refractivity contribution < 1.29 is 29.5 Å². The molecule has 2 unspecified atom stereocenters. The van der Waals surface area contributed by atoms with E-state index in [0.717, 1.165) is 32.4 Å². The molecule has 2 heterocycles. The van der Waals surface area contributed by atoms with Crippen molar-refractivity contribution in [3.63, 3.8) is 0 Å². The van der Waals surface area contributed by atoms with E-state index in [2.05, 4.69) is 18.7 Å². The van der Waals surface area contributed by atoms with E-state index in [1.807, 2.05) is 0 Å². The highest BCUT2D eigenvalue weighted by atomic mass is 16.7. The number of aliphatic hydroxyl groups excluding tert-OH is 3. The van der Waals surface area contributed by atoms with Crippen LogP contribution in [-0.2, 0) is 14.2 Å². The molecule has 0 radical (unpaired) electrons. The highest BCUT2D eigenvalue weighted by molar-refractivity contribution is 5.42. The summed E-state index contributed by atoms with van der Waals surface area (Å²) >= 11 is 0. The first-order valence-corrected chi connectivity index (χ1v) is 11.9. The van der Waals surface area contributed by atoms with Gasteiger partial charge in [-0.25, -0.2) is 0 Å². The van der Waals surface area contributed by atoms with Crippen LogP contribution >= 0.6 is 0 Å². The van der Waals surface area contributed by atoms with Gasteiger partial charge in [-0.3, -0.25) is 4.90 Å². The maximum atomic E-state index is 12.2. The molecule has 2 aliphatic heterocycles. The molecular formula is C23H35NO6. The van der Waals surface area contributed by atoms with Gasteiger partial charge in [0, 0.05) is 43.2 Å². The summed E-state index contributed by atoms with van der Waals surface area (Å²) in [6, 6.07) is -0.0938. The Bertz CT molecular complexity index is 796. The van der Waals surface area contributed by atoms with Gasteiger partial charge in [0.15, 0.2) is 0 Å². The third-order valence-corrected chi connectivity index (χ3v) is 11.3. The zero-order valence-electron chi connectivity index (χ0n) is 18.2. The number of piperidine rings is 1. The quantitative estimate of drug-likeness (QED) is 0.593. The third kappa shape index (κ3) is 1.56. The minimum absolute atomic E-state index is 0.0392. The van der Waals surface area contributed by atoms with Crippen LogP contribution in [0.15, 0.2) is 0 Å². The number of likely N-dealkylation sites (tertiary alicyclic amines) is 1. The Hall–Kier alpha value is -0.280. The van der Waals surface area contributed by atoms with Crippen molar-refractivity contribution in [3.05, 3.63) is 0 Å². The van der Waals surface area contributed by atoms with Crippen molar-refractivity contribution in [2.24, 2.45) is 34.5 Å². The monoisotopic (exact) mass is 421 g/mol. The van der Waals surface area contributed by atoms with Crippen LogP contribution in [0.1, 0.15) is 39.5 Å². The van der Waals surface area contributed by atoms with E-state index >= 15 is 0 Å². The predicted molar refractivity (Wildman–Crippen MR) is 105 cm³/mol. The normalized spacial score (nSPS) is 67.6. The van der Waals surface area contributed by atoms with Gasteiger partial charge in [-0.15, -0.1) is 0 Å². The molecule has 30 heavy (non-hydrogen) atoms. The SMILES string of the molecule is CCN1C[C@]2(C)CC[C@H](O)[C@]34[C@@H]5C[C@H]6C(O)[C@@H]5[C@@]5(C[C@@H]6OC)OCOC5([C@@H]13)[C@@H](O)[C@H]24. The molecule has 7 heteroatoms. The van der Waals surface area contributed by atoms with Crippen molar-refractivity contribution in [2.75, 3.05) is 27.0 Å². The summed E-state index contributed by atoms with van der Waals surface area (Å²) < 4.78 is 19.0. The molecule has 7 aliphatic rings. The van der Waals surface area contributed by atoms with Gasteiger partial charge in [-0.05, 0) is 37.1 Å². The molecule has 2 saturated heterocycles. The lowest BCUT2D eigenvalue weighted by atomic mass is 9.43. The second-order valence-electron chi connectivity index (χ2n) is 11.7. The van der Waals surface area contributed by atoms with Crippen molar-refractivity contribution >= 4 is 0 Å². The largest absolute Gasteiger partial charge is 0.392 e. The summed E-state index contributed by atoms with van der Waals surface area (Å²) in [5, 5.41) is 35.5. The van der Waals surface area contributed by atoms with Crippen molar-refractivity contribution in [2.45, 2.75) is 81.2 Å². The van der Waals surface area contributed by atoms with E-state index < -0.39 is 34.9 Å². The summed E-state index contributed by atoms with van der Waals surface area (Å²) in [5.74, 6) is -0.00805. The van der Waals surface area contributed by atoms with Crippen LogP contribution in [-0.4, -0.2) is 88.9 Å². The van der Waals surface area contributed by atoms with Crippen molar-refractivity contribution in [1.29, 1.82) is 0 Å². The second-order valence-corrected chi connectivity index (χ2v) is 11.7. The summed E-state index contributed by atoms with van der Waals surface area (Å²) in [4.78, 5) is 2.49. The van der Waals surface area contributed by atoms with Crippen LogP contribution in [0.2, 0.25) is 0 Å². The van der Waals surface area contributed by atoms with Crippen LogP contribution in [0.5, 0.6) is 0 Å². The van der Waals surface area contributed by atoms with Gasteiger partial charge in [-0.2, -0.15) is 0 Å². The van der Waals surface area contributed by atoms with Crippen molar-refractivity contribution in [1.82, 2.24) is 4.90 Å². The topological polar surface area (TPSA) is 91.6 Å². The van der Waals surface area contributed by atoms with E-state index in [0.29, 0.717) is 6.42 Å². The first-order chi connectivity index (χ1) is 14.3. The number of nitrogens with zero attached hydrogens (tertiary/aromatic N) is 1. The van der Waals surface area contributed by atoms with Gasteiger partial charge in [0.25, 0.3) is 0 Å². The van der Waals surface area contributed by atoms with Crippen LogP contribution in [0.3, 0.4) is 0 Å². The smallest absolute Gasteiger partial charge is 0.148 e. The molecule has 0 aromatic rings. The maximum absolute atomic E-state index is 12.2. The Morgan fingerprint density at radius 1 is 1.20 bits per heavy atom. The van der Waals surface area contributed by atoms with Gasteiger partial charge in [0.05, 0.1) is 30.5 Å². The molecule has 0 aromatic heterocycles. The van der Waals surface area contributed by atoms with Crippen LogP contribution in [0.4, 0.5) is 0 Å². The first kappa shape index (κ1) is 19.2. The molecule has 0 aromatic carbocycles. The number of hydrogen-bond acceptors (Lipinski definition) is 7. The zero-order chi connectivity index (χ0) is 20.8. The van der Waals surface area contributed by atoms with E-state index in [9.17, 15) is 15.3 Å². The molecular weight excluding hydrogens is 386 g/mol. The molecule has 7 fully saturated rings. The summed E-state index contributed by atoms with van der Waals surface area (Å²) in [5.41, 5.74) is -2.24. The number of rotatable bonds is 2. The fourth-order valence-corrected chi connectivity index (χ4v) is 10.9. The number of likely N-dealkylation sites (N-methyl/N-ethyl adjacent to an activating group) is 1. The maximum Gasteiger partial charge on any atom is 0.148 e. The van der Waals surface area contributed by atoms with E-state index in [4.69, 9.17) is 14.2 Å². The molecule has 3 spiro atoms. The highest BCUT2D eigenvalue weighted by Gasteiger charge is 2.92. The second kappa shape index (κ2) is 5.44. The van der Waals surface area contributed by atoms with E-state index in [1.165, 1.54) is 0 Å². The van der Waals surface area contributed by atoms with Crippen LogP contribution in [0.25, 0.3) is 0 Å². The fraction of sp³-hybridized carbons (Fsp3) is 1.00. The standard InChI is InChI=1S/C23H35NO6/c1-4-24-9-20(2)6-5-14(25)22-12-7-11-13(28-3)8-21(15(12)16(11)26)23(19(22)24,30-10-29-21)18(27)17(20)22/h11-19,25-27H,4-10H2,1-3H3/t11-,12-,13+,14+,15-,16?,17-,18+,19+,20+,21-,22+,23?/m1/s1. The third-order valence-electron chi connectivity index (χ3n) is 11.3. The molecule has 5 saturated carbocycles. The minimum atomic E-state index is -0.926. The summed E-state index contributed by atoms with van der Waals surface area (Å²) in [6.07, 6.45) is 1.27. The average Bonchev–Trinajstić information content (AvgIpc) is 3.27. The van der Waals surface area contributed by atoms with E-state index in [-0.39, 0.29) is 48.0 Å². The molecule has 5 aliphatic carbocycles. The predicted octanol–water partition coefficient (Wildman–Crippen LogP) is 0.356. The Morgan fingerprint density at radius 3 is 2.73 bits per heavy atom. The lowest BCUT2D eigenvalue weighted by Gasteiger charge is -2.69. The lowest BCUT2D eigenvalue weighted by molar-refractivity contribution is -0.278. The summed E-state index contributed by atoms with van der Waals surface area (Å²) in [7, 11) is 1.72. The van der Waals surface area contributed by atoms with E-state index in [1.54, 1.807) is 7.11 Å². The van der Waals surface area contributed by atoms with Gasteiger partial charge in [0.2, 0.25) is 0 Å². The van der Waals surface area contributed by atoms with Crippen LogP contribution < -0.4 is 0 Å². The number of hydrogen-bond donors (Lipinski definition) is 3. The Morgan fingerprint density at radius 2 is 2.00 bits per heavy atom. The van der Waals surface area contributed by atoms with Gasteiger partial charge < -0.3 is 29.5 Å².